The monoisotopic (exact) mass is 433 g/mol. The zero-order valence-corrected chi connectivity index (χ0v) is 19.0. The van der Waals surface area contributed by atoms with Gasteiger partial charge in [-0.15, -0.1) is 0 Å². The Morgan fingerprint density at radius 3 is 2.43 bits per heavy atom. The number of hydrogen-bond acceptors (Lipinski definition) is 5. The molecule has 3 heterocycles. The van der Waals surface area contributed by atoms with Crippen molar-refractivity contribution in [3.8, 4) is 0 Å². The summed E-state index contributed by atoms with van der Waals surface area (Å²) in [6, 6.07) is 3.50. The van der Waals surface area contributed by atoms with E-state index in [1.54, 1.807) is 18.4 Å². The predicted molar refractivity (Wildman–Crippen MR) is 122 cm³/mol. The molecule has 3 aliphatic rings. The molecule has 1 N–H and O–H groups in total. The Bertz CT molecular complexity index is 703. The summed E-state index contributed by atoms with van der Waals surface area (Å²) in [5.41, 5.74) is 0.270. The lowest BCUT2D eigenvalue weighted by atomic mass is 9.80. The first kappa shape index (κ1) is 21.6. The van der Waals surface area contributed by atoms with Crippen LogP contribution in [0.3, 0.4) is 0 Å². The van der Waals surface area contributed by atoms with Crippen molar-refractivity contribution < 1.29 is 9.21 Å². The molecule has 1 amide bonds. The van der Waals surface area contributed by atoms with E-state index >= 15 is 0 Å². The van der Waals surface area contributed by atoms with E-state index in [0.29, 0.717) is 18.8 Å². The largest absolute Gasteiger partial charge is 0.459 e. The number of nitrogens with zero attached hydrogens (tertiary/aromatic N) is 4. The van der Waals surface area contributed by atoms with Crippen molar-refractivity contribution in [2.45, 2.75) is 37.6 Å². The summed E-state index contributed by atoms with van der Waals surface area (Å²) >= 11 is 2.08. The third-order valence-electron chi connectivity index (χ3n) is 6.85. The van der Waals surface area contributed by atoms with Crippen LogP contribution in [0.5, 0.6) is 0 Å². The van der Waals surface area contributed by atoms with Gasteiger partial charge in [-0.05, 0) is 25.0 Å². The summed E-state index contributed by atoms with van der Waals surface area (Å²) in [5, 5.41) is 3.72. The minimum absolute atomic E-state index is 0.0216. The molecular weight excluding hydrogens is 398 g/mol. The minimum atomic E-state index is -0.0216. The molecule has 1 aromatic rings. The van der Waals surface area contributed by atoms with Crippen molar-refractivity contribution in [2.75, 3.05) is 64.4 Å². The van der Waals surface area contributed by atoms with Gasteiger partial charge in [0.1, 0.15) is 0 Å². The zero-order valence-electron chi connectivity index (χ0n) is 18.1. The lowest BCUT2D eigenvalue weighted by Crippen LogP contribution is -2.61. The Hall–Kier alpha value is -1.67. The summed E-state index contributed by atoms with van der Waals surface area (Å²) in [6.07, 6.45) is 8.15. The average Bonchev–Trinajstić information content (AvgIpc) is 3.36. The van der Waals surface area contributed by atoms with Gasteiger partial charge in [0.2, 0.25) is 0 Å². The highest BCUT2D eigenvalue weighted by Gasteiger charge is 2.39. The highest BCUT2D eigenvalue weighted by molar-refractivity contribution is 7.99. The molecule has 0 aromatic carbocycles. The summed E-state index contributed by atoms with van der Waals surface area (Å²) in [6.45, 7) is 6.34. The fourth-order valence-corrected chi connectivity index (χ4v) is 6.01. The molecule has 8 heteroatoms. The molecule has 166 valence electrons. The Balaban J connectivity index is 1.33. The zero-order chi connectivity index (χ0) is 20.8. The maximum absolute atomic E-state index is 12.5. The number of amides is 1. The Morgan fingerprint density at radius 1 is 1.10 bits per heavy atom. The van der Waals surface area contributed by atoms with Crippen LogP contribution in [0.1, 0.15) is 42.7 Å². The third-order valence-corrected chi connectivity index (χ3v) is 7.79. The number of carbonyl (C=O) groups is 1. The quantitative estimate of drug-likeness (QED) is 0.581. The van der Waals surface area contributed by atoms with Crippen LogP contribution in [-0.2, 0) is 0 Å². The van der Waals surface area contributed by atoms with E-state index in [2.05, 4.69) is 31.9 Å². The van der Waals surface area contributed by atoms with Gasteiger partial charge in [-0.3, -0.25) is 14.7 Å². The normalized spacial score (nSPS) is 23.4. The van der Waals surface area contributed by atoms with E-state index in [0.717, 1.165) is 25.6 Å². The van der Waals surface area contributed by atoms with Crippen LogP contribution >= 0.6 is 11.8 Å². The van der Waals surface area contributed by atoms with Gasteiger partial charge in [0.15, 0.2) is 11.7 Å². The molecule has 0 atom stereocenters. The summed E-state index contributed by atoms with van der Waals surface area (Å²) in [7, 11) is 1.87. The van der Waals surface area contributed by atoms with Crippen LogP contribution in [0.15, 0.2) is 27.8 Å². The van der Waals surface area contributed by atoms with E-state index in [4.69, 9.17) is 4.42 Å². The molecule has 0 bridgehead atoms. The number of rotatable bonds is 4. The summed E-state index contributed by atoms with van der Waals surface area (Å²) in [4.78, 5) is 24.0. The molecule has 2 saturated heterocycles. The molecule has 0 spiro atoms. The van der Waals surface area contributed by atoms with Crippen LogP contribution in [0, 0.1) is 0 Å². The van der Waals surface area contributed by atoms with Crippen molar-refractivity contribution >= 4 is 23.6 Å². The number of thioether (sulfide) groups is 1. The predicted octanol–water partition coefficient (Wildman–Crippen LogP) is 2.36. The Morgan fingerprint density at radius 2 is 1.80 bits per heavy atom. The highest BCUT2D eigenvalue weighted by atomic mass is 32.2. The molecule has 1 aliphatic carbocycles. The van der Waals surface area contributed by atoms with Crippen molar-refractivity contribution in [3.63, 3.8) is 0 Å². The molecule has 2 aliphatic heterocycles. The molecule has 7 nitrogen and oxygen atoms in total. The summed E-state index contributed by atoms with van der Waals surface area (Å²) in [5.74, 6) is 3.87. The fourth-order valence-electron chi connectivity index (χ4n) is 5.11. The van der Waals surface area contributed by atoms with E-state index < -0.39 is 0 Å². The second-order valence-corrected chi connectivity index (χ2v) is 9.77. The number of nitrogens with one attached hydrogen (secondary N) is 1. The van der Waals surface area contributed by atoms with Gasteiger partial charge in [-0.2, -0.15) is 11.8 Å². The van der Waals surface area contributed by atoms with Gasteiger partial charge >= 0.3 is 0 Å². The molecule has 0 radical (unpaired) electrons. The van der Waals surface area contributed by atoms with Gasteiger partial charge < -0.3 is 19.5 Å². The maximum atomic E-state index is 12.5. The number of furan rings is 1. The minimum Gasteiger partial charge on any atom is -0.459 e. The van der Waals surface area contributed by atoms with Crippen molar-refractivity contribution in [2.24, 2.45) is 4.99 Å². The maximum Gasteiger partial charge on any atom is 0.289 e. The standard InChI is InChI=1S/C22H35N5O2S/c1-23-21(26-11-9-25(10-12-26)20(28)19-6-5-15-29-19)24-18-22(7-3-2-4-8-22)27-13-16-30-17-14-27/h5-6,15H,2-4,7-14,16-18H2,1H3,(H,23,24). The first-order chi connectivity index (χ1) is 14.7. The van der Waals surface area contributed by atoms with Crippen molar-refractivity contribution in [1.29, 1.82) is 0 Å². The highest BCUT2D eigenvalue weighted by Crippen LogP contribution is 2.34. The van der Waals surface area contributed by atoms with Crippen LogP contribution in [-0.4, -0.2) is 96.5 Å². The van der Waals surface area contributed by atoms with Crippen LogP contribution in [0.25, 0.3) is 0 Å². The summed E-state index contributed by atoms with van der Waals surface area (Å²) < 4.78 is 5.27. The first-order valence-corrected chi connectivity index (χ1v) is 12.5. The van der Waals surface area contributed by atoms with Crippen LogP contribution in [0.4, 0.5) is 0 Å². The van der Waals surface area contributed by atoms with Crippen molar-refractivity contribution in [3.05, 3.63) is 24.2 Å². The number of piperazine rings is 1. The van der Waals surface area contributed by atoms with Crippen LogP contribution < -0.4 is 5.32 Å². The number of guanidine groups is 1. The number of hydrogen-bond donors (Lipinski definition) is 1. The van der Waals surface area contributed by atoms with E-state index in [9.17, 15) is 4.79 Å². The molecule has 0 unspecified atom stereocenters. The third kappa shape index (κ3) is 4.80. The number of aliphatic imine (C=N–C) groups is 1. The van der Waals surface area contributed by atoms with E-state index in [1.807, 2.05) is 11.9 Å². The molecular formula is C22H35N5O2S. The molecule has 1 aromatic heterocycles. The van der Waals surface area contributed by atoms with Gasteiger partial charge in [-0.25, -0.2) is 0 Å². The van der Waals surface area contributed by atoms with Crippen LogP contribution in [0.2, 0.25) is 0 Å². The Labute approximate surface area is 184 Å². The van der Waals surface area contributed by atoms with E-state index in [1.165, 1.54) is 56.7 Å². The topological polar surface area (TPSA) is 64.3 Å². The lowest BCUT2D eigenvalue weighted by Gasteiger charge is -2.48. The SMILES string of the molecule is CN=C(NCC1(N2CCSCC2)CCCCC1)N1CCN(C(=O)c2ccco2)CC1. The van der Waals surface area contributed by atoms with Gasteiger partial charge in [0.05, 0.1) is 6.26 Å². The molecule has 1 saturated carbocycles. The van der Waals surface area contributed by atoms with Gasteiger partial charge in [0.25, 0.3) is 5.91 Å². The first-order valence-electron chi connectivity index (χ1n) is 11.3. The molecule has 30 heavy (non-hydrogen) atoms. The second-order valence-electron chi connectivity index (χ2n) is 8.54. The average molecular weight is 434 g/mol. The smallest absolute Gasteiger partial charge is 0.289 e. The molecule has 4 rings (SSSR count). The van der Waals surface area contributed by atoms with E-state index in [-0.39, 0.29) is 11.4 Å². The van der Waals surface area contributed by atoms with Crippen molar-refractivity contribution in [1.82, 2.24) is 20.0 Å². The lowest BCUT2D eigenvalue weighted by molar-refractivity contribution is 0.0602. The Kier molecular flexibility index (Phi) is 7.25. The second kappa shape index (κ2) is 10.1. The van der Waals surface area contributed by atoms with Gasteiger partial charge in [-0.1, -0.05) is 19.3 Å². The molecule has 3 fully saturated rings. The fraction of sp³-hybridized carbons (Fsp3) is 0.727. The van der Waals surface area contributed by atoms with Gasteiger partial charge in [0, 0.05) is 69.9 Å². The number of carbonyl (C=O) groups excluding carboxylic acids is 1.